The van der Waals surface area contributed by atoms with Crippen LogP contribution < -0.4 is 11.1 Å². The Morgan fingerprint density at radius 1 is 1.38 bits per heavy atom. The van der Waals surface area contributed by atoms with Gasteiger partial charge in [-0.25, -0.2) is 4.98 Å². The van der Waals surface area contributed by atoms with Crippen molar-refractivity contribution in [1.29, 1.82) is 0 Å². The molecule has 0 aromatic carbocycles. The van der Waals surface area contributed by atoms with Crippen molar-refractivity contribution in [3.05, 3.63) is 24.0 Å². The van der Waals surface area contributed by atoms with E-state index in [4.69, 9.17) is 10.7 Å². The van der Waals surface area contributed by atoms with Gasteiger partial charge in [0.15, 0.2) is 5.65 Å². The van der Waals surface area contributed by atoms with Gasteiger partial charge in [-0.15, -0.1) is 0 Å². The molecule has 3 rings (SSSR count). The van der Waals surface area contributed by atoms with Crippen molar-refractivity contribution >= 4 is 11.5 Å². The predicted octanol–water partition coefficient (Wildman–Crippen LogP) is 2.92. The van der Waals surface area contributed by atoms with Gasteiger partial charge in [-0.1, -0.05) is 13.8 Å². The van der Waals surface area contributed by atoms with Gasteiger partial charge >= 0.3 is 0 Å². The van der Waals surface area contributed by atoms with E-state index in [-0.39, 0.29) is 0 Å². The number of nitrogens with zero attached hydrogens (tertiary/aromatic N) is 3. The molecule has 0 radical (unpaired) electrons. The van der Waals surface area contributed by atoms with E-state index in [9.17, 15) is 0 Å². The molecule has 2 aromatic rings. The number of fused-ring (bicyclic) bond motifs is 1. The van der Waals surface area contributed by atoms with E-state index >= 15 is 0 Å². The molecule has 5 heteroatoms. The maximum Gasteiger partial charge on any atom is 0.157 e. The summed E-state index contributed by atoms with van der Waals surface area (Å²) >= 11 is 0. The van der Waals surface area contributed by atoms with Crippen LogP contribution in [0.3, 0.4) is 0 Å². The van der Waals surface area contributed by atoms with Gasteiger partial charge in [0.2, 0.25) is 0 Å². The maximum absolute atomic E-state index is 6.02. The molecule has 2 aromatic heterocycles. The van der Waals surface area contributed by atoms with Crippen LogP contribution in [0.2, 0.25) is 0 Å². The highest BCUT2D eigenvalue weighted by molar-refractivity contribution is 5.50. The summed E-state index contributed by atoms with van der Waals surface area (Å²) in [5, 5.41) is 8.02. The van der Waals surface area contributed by atoms with Gasteiger partial charge in [0.1, 0.15) is 5.82 Å². The summed E-state index contributed by atoms with van der Waals surface area (Å²) in [6.07, 6.45) is 7.30. The van der Waals surface area contributed by atoms with E-state index < -0.39 is 0 Å². The largest absolute Gasteiger partial charge is 0.367 e. The fraction of sp³-hybridized carbons (Fsp3) is 0.625. The first-order chi connectivity index (χ1) is 10.2. The van der Waals surface area contributed by atoms with Crippen LogP contribution in [-0.2, 0) is 0 Å². The lowest BCUT2D eigenvalue weighted by Gasteiger charge is -2.18. The second kappa shape index (κ2) is 6.02. The Bertz CT molecular complexity index is 602. The Balaban J connectivity index is 1.93. The number of aromatic nitrogens is 3. The number of nitrogens with one attached hydrogen (secondary N) is 1. The van der Waals surface area contributed by atoms with Crippen LogP contribution in [0.5, 0.6) is 0 Å². The smallest absolute Gasteiger partial charge is 0.157 e. The minimum absolute atomic E-state index is 0.330. The average Bonchev–Trinajstić information content (AvgIpc) is 3.09. The molecule has 1 aliphatic rings. The number of hydrogen-bond donors (Lipinski definition) is 2. The third-order valence-electron chi connectivity index (χ3n) is 4.61. The van der Waals surface area contributed by atoms with Gasteiger partial charge in [0, 0.05) is 35.8 Å². The second-order valence-corrected chi connectivity index (χ2v) is 6.10. The minimum atomic E-state index is 0.330. The Morgan fingerprint density at radius 3 is 2.86 bits per heavy atom. The monoisotopic (exact) mass is 287 g/mol. The van der Waals surface area contributed by atoms with Crippen LogP contribution in [0.15, 0.2) is 18.3 Å². The fourth-order valence-electron chi connectivity index (χ4n) is 3.31. The Morgan fingerprint density at radius 2 is 2.19 bits per heavy atom. The van der Waals surface area contributed by atoms with Gasteiger partial charge in [0.25, 0.3) is 0 Å². The predicted molar refractivity (Wildman–Crippen MR) is 85.5 cm³/mol. The van der Waals surface area contributed by atoms with Gasteiger partial charge in [-0.05, 0) is 32.1 Å². The number of rotatable bonds is 5. The zero-order valence-corrected chi connectivity index (χ0v) is 12.9. The molecule has 2 unspecified atom stereocenters. The van der Waals surface area contributed by atoms with Crippen LogP contribution in [0.4, 0.5) is 5.82 Å². The minimum Gasteiger partial charge on any atom is -0.367 e. The van der Waals surface area contributed by atoms with Crippen molar-refractivity contribution in [2.24, 2.45) is 5.73 Å². The highest BCUT2D eigenvalue weighted by Gasteiger charge is 2.23. The molecule has 1 fully saturated rings. The first-order valence-corrected chi connectivity index (χ1v) is 8.08. The molecule has 0 saturated heterocycles. The summed E-state index contributed by atoms with van der Waals surface area (Å²) in [4.78, 5) is 4.76. The molecule has 1 saturated carbocycles. The summed E-state index contributed by atoms with van der Waals surface area (Å²) in [7, 11) is 0. The molecular weight excluding hydrogens is 262 g/mol. The average molecular weight is 287 g/mol. The van der Waals surface area contributed by atoms with Crippen molar-refractivity contribution < 1.29 is 0 Å². The molecule has 2 heterocycles. The molecule has 0 bridgehead atoms. The highest BCUT2D eigenvalue weighted by Crippen LogP contribution is 2.27. The first-order valence-electron chi connectivity index (χ1n) is 8.08. The van der Waals surface area contributed by atoms with E-state index in [1.807, 2.05) is 16.8 Å². The molecule has 114 valence electrons. The zero-order valence-electron chi connectivity index (χ0n) is 12.9. The van der Waals surface area contributed by atoms with Gasteiger partial charge in [-0.2, -0.15) is 9.61 Å². The van der Waals surface area contributed by atoms with Gasteiger partial charge in [0.05, 0.1) is 6.20 Å². The lowest BCUT2D eigenvalue weighted by Crippen LogP contribution is -2.22. The van der Waals surface area contributed by atoms with E-state index in [0.717, 1.165) is 49.3 Å². The van der Waals surface area contributed by atoms with Crippen molar-refractivity contribution in [2.75, 3.05) is 5.32 Å². The first kappa shape index (κ1) is 14.3. The van der Waals surface area contributed by atoms with Crippen LogP contribution in [0.1, 0.15) is 57.6 Å². The van der Waals surface area contributed by atoms with Crippen molar-refractivity contribution in [3.63, 3.8) is 0 Å². The van der Waals surface area contributed by atoms with E-state index in [2.05, 4.69) is 30.3 Å². The summed E-state index contributed by atoms with van der Waals surface area (Å²) in [5.74, 6) is 1.56. The molecule has 1 aliphatic carbocycles. The molecule has 0 aliphatic heterocycles. The van der Waals surface area contributed by atoms with Gasteiger partial charge in [-0.3, -0.25) is 0 Å². The quantitative estimate of drug-likeness (QED) is 0.887. The third kappa shape index (κ3) is 2.88. The van der Waals surface area contributed by atoms with E-state index in [0.29, 0.717) is 18.0 Å². The Labute approximate surface area is 125 Å². The summed E-state index contributed by atoms with van der Waals surface area (Å²) < 4.78 is 1.90. The lowest BCUT2D eigenvalue weighted by molar-refractivity contribution is 0.621. The topological polar surface area (TPSA) is 68.2 Å². The van der Waals surface area contributed by atoms with E-state index in [1.54, 1.807) is 0 Å². The molecule has 2 atom stereocenters. The molecular formula is C16H25N5. The number of hydrogen-bond acceptors (Lipinski definition) is 4. The second-order valence-electron chi connectivity index (χ2n) is 6.10. The van der Waals surface area contributed by atoms with E-state index in [1.165, 1.54) is 0 Å². The fourth-order valence-corrected chi connectivity index (χ4v) is 3.31. The molecule has 21 heavy (non-hydrogen) atoms. The Kier molecular flexibility index (Phi) is 4.10. The van der Waals surface area contributed by atoms with Crippen molar-refractivity contribution in [1.82, 2.24) is 14.6 Å². The molecule has 3 N–H and O–H groups in total. The zero-order chi connectivity index (χ0) is 14.8. The number of nitrogens with two attached hydrogens (primary N) is 1. The van der Waals surface area contributed by atoms with Crippen molar-refractivity contribution in [3.8, 4) is 0 Å². The van der Waals surface area contributed by atoms with Crippen LogP contribution >= 0.6 is 0 Å². The standard InChI is InChI=1S/C16H25N5/c1-3-11(4-2)14-10-16(19-13-6-5-12(17)9-13)21-15(20-14)7-8-18-21/h7-8,10-13,19H,3-6,9,17H2,1-2H3. The highest BCUT2D eigenvalue weighted by atomic mass is 15.3. The summed E-state index contributed by atoms with van der Waals surface area (Å²) in [5.41, 5.74) is 8.10. The van der Waals surface area contributed by atoms with Crippen LogP contribution in [0.25, 0.3) is 5.65 Å². The Hall–Kier alpha value is -1.62. The van der Waals surface area contributed by atoms with Crippen LogP contribution in [0, 0.1) is 0 Å². The third-order valence-corrected chi connectivity index (χ3v) is 4.61. The summed E-state index contributed by atoms with van der Waals surface area (Å²) in [6.45, 7) is 4.44. The van der Waals surface area contributed by atoms with Crippen molar-refractivity contribution in [2.45, 2.75) is 64.0 Å². The maximum atomic E-state index is 6.02. The lowest BCUT2D eigenvalue weighted by atomic mass is 9.99. The van der Waals surface area contributed by atoms with Gasteiger partial charge < -0.3 is 11.1 Å². The molecule has 5 nitrogen and oxygen atoms in total. The van der Waals surface area contributed by atoms with Crippen LogP contribution in [-0.4, -0.2) is 26.7 Å². The molecule has 0 amide bonds. The molecule has 0 spiro atoms. The number of anilines is 1. The SMILES string of the molecule is CCC(CC)c1cc(NC2CCC(N)C2)n2nccc2n1. The normalized spacial score (nSPS) is 22.3. The summed E-state index contributed by atoms with van der Waals surface area (Å²) in [6, 6.07) is 4.92.